The molecule has 0 heterocycles. The lowest BCUT2D eigenvalue weighted by atomic mass is 10.0. The maximum atomic E-state index is 13.5. The van der Waals surface area contributed by atoms with Crippen LogP contribution >= 0.6 is 0 Å². The van der Waals surface area contributed by atoms with E-state index in [1.54, 1.807) is 51.1 Å². The molecule has 1 rings (SSSR count). The summed E-state index contributed by atoms with van der Waals surface area (Å²) in [5.74, 6) is -2.11. The van der Waals surface area contributed by atoms with Crippen LogP contribution in [0, 0.1) is 11.3 Å². The van der Waals surface area contributed by atoms with Gasteiger partial charge in [-0.25, -0.2) is 4.79 Å². The predicted molar refractivity (Wildman–Crippen MR) is 126 cm³/mol. The summed E-state index contributed by atoms with van der Waals surface area (Å²) in [4.78, 5) is 51.6. The number of nitrogens with zero attached hydrogens (tertiary/aromatic N) is 2. The zero-order valence-corrected chi connectivity index (χ0v) is 20.3. The quantitative estimate of drug-likeness (QED) is 0.312. The van der Waals surface area contributed by atoms with Gasteiger partial charge in [-0.05, 0) is 32.8 Å². The number of hydrogen-bond acceptors (Lipinski definition) is 6. The molecule has 34 heavy (non-hydrogen) atoms. The Labute approximate surface area is 200 Å². The van der Waals surface area contributed by atoms with E-state index in [-0.39, 0.29) is 0 Å². The molecule has 0 aliphatic carbocycles. The van der Waals surface area contributed by atoms with E-state index < -0.39 is 54.5 Å². The fourth-order valence-electron chi connectivity index (χ4n) is 3.22. The molecule has 2 unspecified atom stereocenters. The molecular formula is C24H35N5O5. The molecule has 0 fully saturated rings. The third-order valence-electron chi connectivity index (χ3n) is 4.67. The normalized spacial score (nSPS) is 12.6. The van der Waals surface area contributed by atoms with Crippen molar-refractivity contribution >= 4 is 23.8 Å². The van der Waals surface area contributed by atoms with Gasteiger partial charge in [0.1, 0.15) is 24.2 Å². The molecular weight excluding hydrogens is 438 g/mol. The lowest BCUT2D eigenvalue weighted by Crippen LogP contribution is -2.54. The molecule has 0 aliphatic heterocycles. The van der Waals surface area contributed by atoms with E-state index in [9.17, 15) is 24.4 Å². The van der Waals surface area contributed by atoms with Crippen molar-refractivity contribution in [3.05, 3.63) is 35.9 Å². The SMILES string of the molecule is CCCCCNC(=O)C(c1ccccc1)N(CC#N)C(=O)C(CC(N)=O)NC(=O)OC(C)(C)C. The summed E-state index contributed by atoms with van der Waals surface area (Å²) in [6.45, 7) is 6.94. The third kappa shape index (κ3) is 9.90. The molecule has 4 N–H and O–H groups in total. The van der Waals surface area contributed by atoms with E-state index in [0.717, 1.165) is 24.2 Å². The third-order valence-corrected chi connectivity index (χ3v) is 4.67. The first-order chi connectivity index (χ1) is 16.0. The van der Waals surface area contributed by atoms with Crippen molar-refractivity contribution in [2.45, 2.75) is 71.1 Å². The van der Waals surface area contributed by atoms with Gasteiger partial charge >= 0.3 is 6.09 Å². The highest BCUT2D eigenvalue weighted by Crippen LogP contribution is 2.23. The van der Waals surface area contributed by atoms with Crippen LogP contribution in [0.1, 0.15) is 65.0 Å². The molecule has 0 saturated carbocycles. The average Bonchev–Trinajstić information content (AvgIpc) is 2.74. The molecule has 0 saturated heterocycles. The highest BCUT2D eigenvalue weighted by Gasteiger charge is 2.36. The molecule has 1 aromatic rings. The van der Waals surface area contributed by atoms with E-state index in [1.165, 1.54) is 0 Å². The number of nitrogens with one attached hydrogen (secondary N) is 2. The fraction of sp³-hybridized carbons (Fsp3) is 0.542. The molecule has 1 aromatic carbocycles. The number of carbonyl (C=O) groups excluding carboxylic acids is 4. The van der Waals surface area contributed by atoms with Crippen molar-refractivity contribution < 1.29 is 23.9 Å². The molecule has 4 amide bonds. The van der Waals surface area contributed by atoms with Crippen molar-refractivity contribution in [3.63, 3.8) is 0 Å². The molecule has 2 atom stereocenters. The Morgan fingerprint density at radius 3 is 2.32 bits per heavy atom. The highest BCUT2D eigenvalue weighted by molar-refractivity contribution is 5.94. The van der Waals surface area contributed by atoms with Crippen LogP contribution in [0.5, 0.6) is 0 Å². The van der Waals surface area contributed by atoms with E-state index in [0.29, 0.717) is 12.1 Å². The summed E-state index contributed by atoms with van der Waals surface area (Å²) in [7, 11) is 0. The second-order valence-electron chi connectivity index (χ2n) is 8.80. The van der Waals surface area contributed by atoms with Gasteiger partial charge in [0.15, 0.2) is 0 Å². The summed E-state index contributed by atoms with van der Waals surface area (Å²) in [5, 5.41) is 14.6. The second-order valence-corrected chi connectivity index (χ2v) is 8.80. The molecule has 10 heteroatoms. The minimum absolute atomic E-state index is 0.408. The molecule has 0 bridgehead atoms. The Bertz CT molecular complexity index is 876. The molecule has 10 nitrogen and oxygen atoms in total. The fourth-order valence-corrected chi connectivity index (χ4v) is 3.22. The van der Waals surface area contributed by atoms with E-state index >= 15 is 0 Å². The number of amides is 4. The number of primary amides is 1. The Kier molecular flexibility index (Phi) is 11.6. The second kappa shape index (κ2) is 13.8. The number of unbranched alkanes of at least 4 members (excludes halogenated alkanes) is 2. The van der Waals surface area contributed by atoms with Gasteiger partial charge in [-0.15, -0.1) is 0 Å². The number of nitrogens with two attached hydrogens (primary N) is 1. The maximum absolute atomic E-state index is 13.5. The standard InChI is InChI=1S/C24H35N5O5/c1-5-6-10-14-27-21(31)20(17-11-8-7-9-12-17)29(15-13-25)22(32)18(16-19(26)30)28-23(33)34-24(2,3)4/h7-9,11-12,18,20H,5-6,10,14-16H2,1-4H3,(H2,26,30)(H,27,31)(H,28,33). The van der Waals surface area contributed by atoms with Crippen LogP contribution in [0.25, 0.3) is 0 Å². The van der Waals surface area contributed by atoms with Crippen LogP contribution in [0.3, 0.4) is 0 Å². The summed E-state index contributed by atoms with van der Waals surface area (Å²) in [6, 6.07) is 7.84. The Morgan fingerprint density at radius 1 is 1.15 bits per heavy atom. The Morgan fingerprint density at radius 2 is 1.79 bits per heavy atom. The number of hydrogen-bond donors (Lipinski definition) is 3. The lowest BCUT2D eigenvalue weighted by Gasteiger charge is -2.32. The number of ether oxygens (including phenoxy) is 1. The van der Waals surface area contributed by atoms with Gasteiger partial charge in [0.25, 0.3) is 0 Å². The Balaban J connectivity index is 3.29. The number of benzene rings is 1. The summed E-state index contributed by atoms with van der Waals surface area (Å²) >= 11 is 0. The van der Waals surface area contributed by atoms with Crippen molar-refractivity contribution in [3.8, 4) is 6.07 Å². The van der Waals surface area contributed by atoms with Crippen LogP contribution in [-0.2, 0) is 19.1 Å². The van der Waals surface area contributed by atoms with Crippen LogP contribution in [0.4, 0.5) is 4.79 Å². The summed E-state index contributed by atoms with van der Waals surface area (Å²) in [6.07, 6.45) is 1.21. The number of rotatable bonds is 12. The van der Waals surface area contributed by atoms with Crippen LogP contribution in [0.15, 0.2) is 30.3 Å². The van der Waals surface area contributed by atoms with E-state index in [1.807, 2.05) is 13.0 Å². The van der Waals surface area contributed by atoms with Crippen molar-refractivity contribution in [2.75, 3.05) is 13.1 Å². The summed E-state index contributed by atoms with van der Waals surface area (Å²) in [5.41, 5.74) is 4.94. The minimum atomic E-state index is -1.42. The molecule has 0 spiro atoms. The lowest BCUT2D eigenvalue weighted by molar-refractivity contribution is -0.142. The number of carbonyl (C=O) groups is 4. The van der Waals surface area contributed by atoms with E-state index in [4.69, 9.17) is 10.5 Å². The average molecular weight is 474 g/mol. The van der Waals surface area contributed by atoms with Gasteiger partial charge in [-0.2, -0.15) is 5.26 Å². The van der Waals surface area contributed by atoms with Gasteiger partial charge in [0.2, 0.25) is 17.7 Å². The topological polar surface area (TPSA) is 155 Å². The first kappa shape index (κ1) is 28.4. The van der Waals surface area contributed by atoms with Gasteiger partial charge in [-0.1, -0.05) is 50.1 Å². The van der Waals surface area contributed by atoms with Crippen molar-refractivity contribution in [1.82, 2.24) is 15.5 Å². The van der Waals surface area contributed by atoms with Crippen LogP contribution in [0.2, 0.25) is 0 Å². The molecule has 0 radical (unpaired) electrons. The maximum Gasteiger partial charge on any atom is 0.408 e. The summed E-state index contributed by atoms with van der Waals surface area (Å²) < 4.78 is 5.19. The smallest absolute Gasteiger partial charge is 0.408 e. The van der Waals surface area contributed by atoms with Gasteiger partial charge in [0, 0.05) is 6.54 Å². The Hall–Kier alpha value is -3.61. The molecule has 186 valence electrons. The first-order valence-electron chi connectivity index (χ1n) is 11.3. The zero-order chi connectivity index (χ0) is 25.7. The first-order valence-corrected chi connectivity index (χ1v) is 11.3. The van der Waals surface area contributed by atoms with Crippen molar-refractivity contribution in [2.24, 2.45) is 5.73 Å². The largest absolute Gasteiger partial charge is 0.444 e. The van der Waals surface area contributed by atoms with Gasteiger partial charge in [0.05, 0.1) is 12.5 Å². The molecule has 0 aromatic heterocycles. The van der Waals surface area contributed by atoms with Crippen LogP contribution < -0.4 is 16.4 Å². The minimum Gasteiger partial charge on any atom is -0.444 e. The monoisotopic (exact) mass is 473 g/mol. The number of alkyl carbamates (subject to hydrolysis) is 1. The van der Waals surface area contributed by atoms with Gasteiger partial charge < -0.3 is 26.0 Å². The predicted octanol–water partition coefficient (Wildman–Crippen LogP) is 2.15. The number of nitriles is 1. The van der Waals surface area contributed by atoms with Crippen molar-refractivity contribution in [1.29, 1.82) is 5.26 Å². The van der Waals surface area contributed by atoms with Crippen LogP contribution in [-0.4, -0.2) is 53.4 Å². The molecule has 0 aliphatic rings. The van der Waals surface area contributed by atoms with Gasteiger partial charge in [-0.3, -0.25) is 14.4 Å². The highest BCUT2D eigenvalue weighted by atomic mass is 16.6. The zero-order valence-electron chi connectivity index (χ0n) is 20.3. The van der Waals surface area contributed by atoms with E-state index in [2.05, 4.69) is 10.6 Å².